The summed E-state index contributed by atoms with van der Waals surface area (Å²) in [6.07, 6.45) is 3.67. The van der Waals surface area contributed by atoms with E-state index in [1.54, 1.807) is 0 Å². The third-order valence-electron chi connectivity index (χ3n) is 6.15. The number of quaternary nitrogens is 1. The second-order valence-corrected chi connectivity index (χ2v) is 8.98. The quantitative estimate of drug-likeness (QED) is 0.694. The molecule has 7 heteroatoms. The van der Waals surface area contributed by atoms with Crippen molar-refractivity contribution in [3.05, 3.63) is 41.5 Å². The molecule has 2 aliphatic rings. The van der Waals surface area contributed by atoms with Crippen molar-refractivity contribution in [1.29, 1.82) is 5.41 Å². The summed E-state index contributed by atoms with van der Waals surface area (Å²) in [5, 5.41) is 9.56. The number of aromatic nitrogens is 1. The van der Waals surface area contributed by atoms with Gasteiger partial charge in [-0.05, 0) is 58.2 Å². The average molecular weight is 394 g/mol. The molecule has 29 heavy (non-hydrogen) atoms. The van der Waals surface area contributed by atoms with Gasteiger partial charge in [0.05, 0.1) is 12.6 Å². The molecule has 1 aromatic carbocycles. The molecular weight excluding hydrogens is 366 g/mol. The Kier molecular flexibility index (Phi) is 4.38. The van der Waals surface area contributed by atoms with Crippen LogP contribution < -0.4 is 15.9 Å². The maximum atomic E-state index is 12.2. The van der Waals surface area contributed by atoms with Crippen molar-refractivity contribution in [2.24, 2.45) is 5.73 Å². The maximum Gasteiger partial charge on any atom is 0.260 e. The lowest BCUT2D eigenvalue weighted by atomic mass is 9.96. The molecule has 0 spiro atoms. The zero-order valence-corrected chi connectivity index (χ0v) is 17.4. The molecule has 0 saturated heterocycles. The van der Waals surface area contributed by atoms with E-state index in [1.165, 1.54) is 6.42 Å². The Morgan fingerprint density at radius 2 is 2.00 bits per heavy atom. The number of amides is 1. The first-order valence-corrected chi connectivity index (χ1v) is 9.96. The number of benzene rings is 1. The van der Waals surface area contributed by atoms with Crippen LogP contribution >= 0.6 is 0 Å². The number of nitrogens with two attached hydrogens (primary N) is 1. The Morgan fingerprint density at radius 3 is 2.59 bits per heavy atom. The van der Waals surface area contributed by atoms with Gasteiger partial charge in [0.2, 0.25) is 5.88 Å². The lowest BCUT2D eigenvalue weighted by Crippen LogP contribution is -2.64. The van der Waals surface area contributed by atoms with Crippen LogP contribution in [0, 0.1) is 5.41 Å². The van der Waals surface area contributed by atoms with Crippen LogP contribution in [0.15, 0.2) is 35.9 Å². The normalized spacial score (nSPS) is 22.6. The van der Waals surface area contributed by atoms with E-state index in [0.717, 1.165) is 29.3 Å². The molecule has 4 rings (SSSR count). The van der Waals surface area contributed by atoms with Gasteiger partial charge in [-0.15, -0.1) is 0 Å². The minimum atomic E-state index is -0.605. The smallest absolute Gasteiger partial charge is 0.260 e. The molecule has 0 radical (unpaired) electrons. The second kappa shape index (κ2) is 6.56. The summed E-state index contributed by atoms with van der Waals surface area (Å²) in [5.74, 6) is 0.207. The fourth-order valence-electron chi connectivity index (χ4n) is 3.62. The number of primary amides is 1. The summed E-state index contributed by atoms with van der Waals surface area (Å²) in [4.78, 5) is 16.8. The first-order valence-electron chi connectivity index (χ1n) is 9.96. The van der Waals surface area contributed by atoms with Crippen LogP contribution in [0.5, 0.6) is 5.88 Å². The summed E-state index contributed by atoms with van der Waals surface area (Å²) in [7, 11) is 1.88. The van der Waals surface area contributed by atoms with Gasteiger partial charge in [0.1, 0.15) is 17.3 Å². The van der Waals surface area contributed by atoms with Crippen LogP contribution in [0.25, 0.3) is 16.6 Å². The largest absolute Gasteiger partial charge is 0.474 e. The maximum absolute atomic E-state index is 12.2. The number of pyridine rings is 1. The monoisotopic (exact) mass is 394 g/mol. The van der Waals surface area contributed by atoms with Crippen LogP contribution in [0.3, 0.4) is 0 Å². The number of nitrogens with zero attached hydrogens (tertiary/aromatic N) is 2. The van der Waals surface area contributed by atoms with Gasteiger partial charge >= 0.3 is 0 Å². The number of hydrogen-bond donors (Lipinski definition) is 3. The Balaban J connectivity index is 1.73. The molecule has 2 aromatic rings. The molecule has 1 saturated carbocycles. The Hall–Kier alpha value is -2.93. The fourth-order valence-corrected chi connectivity index (χ4v) is 3.62. The average Bonchev–Trinajstić information content (AvgIpc) is 2.90. The van der Waals surface area contributed by atoms with E-state index in [4.69, 9.17) is 15.9 Å². The highest BCUT2D eigenvalue weighted by molar-refractivity contribution is 6.23. The van der Waals surface area contributed by atoms with Crippen molar-refractivity contribution in [2.45, 2.75) is 51.7 Å². The number of amidine groups is 1. The molecule has 1 aliphatic carbocycles. The highest BCUT2D eigenvalue weighted by atomic mass is 16.5. The minimum Gasteiger partial charge on any atom is -0.474 e. The van der Waals surface area contributed by atoms with Gasteiger partial charge in [0, 0.05) is 17.0 Å². The van der Waals surface area contributed by atoms with Gasteiger partial charge in [0.25, 0.3) is 11.7 Å². The standard InChI is InChI=1S/C22H27N5O2/c1-22(2,3)27(4)20(23)18(21(24)28)19(26-27)14-8-10-16-13(12-14)9-11-17(25-16)29-15-6-5-7-15/h8-12,15H,5-7H2,1-4H3,(H3-,23,24,26,28)/p+1. The van der Waals surface area contributed by atoms with Crippen molar-refractivity contribution >= 4 is 28.3 Å². The van der Waals surface area contributed by atoms with Gasteiger partial charge < -0.3 is 10.5 Å². The predicted molar refractivity (Wildman–Crippen MR) is 113 cm³/mol. The van der Waals surface area contributed by atoms with Crippen LogP contribution in [-0.4, -0.2) is 40.0 Å². The van der Waals surface area contributed by atoms with Gasteiger partial charge in [-0.1, -0.05) is 6.07 Å². The topological polar surface area (TPSA) is 101 Å². The van der Waals surface area contributed by atoms with Crippen molar-refractivity contribution in [1.82, 2.24) is 10.4 Å². The molecule has 1 aliphatic heterocycles. The predicted octanol–water partition coefficient (Wildman–Crippen LogP) is 3.10. The molecule has 1 aromatic heterocycles. The first-order chi connectivity index (χ1) is 13.6. The van der Waals surface area contributed by atoms with Crippen LogP contribution in [0.2, 0.25) is 0 Å². The van der Waals surface area contributed by atoms with Crippen molar-refractivity contribution in [3.63, 3.8) is 0 Å². The number of carbonyl (C=O) groups is 1. The molecule has 1 amide bonds. The first kappa shape index (κ1) is 19.4. The van der Waals surface area contributed by atoms with E-state index in [1.807, 2.05) is 58.2 Å². The van der Waals surface area contributed by atoms with Gasteiger partial charge in [0.15, 0.2) is 5.57 Å². The number of likely N-dealkylation sites (N-methyl/N-ethyl adjacent to an activating group) is 1. The number of rotatable bonds is 4. The third-order valence-corrected chi connectivity index (χ3v) is 6.15. The van der Waals surface area contributed by atoms with E-state index in [9.17, 15) is 4.79 Å². The van der Waals surface area contributed by atoms with Crippen LogP contribution in [0.1, 0.15) is 45.6 Å². The second-order valence-electron chi connectivity index (χ2n) is 8.98. The van der Waals surface area contributed by atoms with Gasteiger partial charge in [-0.25, -0.2) is 15.8 Å². The molecule has 152 valence electrons. The van der Waals surface area contributed by atoms with E-state index >= 15 is 0 Å². The van der Waals surface area contributed by atoms with E-state index in [0.29, 0.717) is 11.6 Å². The van der Waals surface area contributed by atoms with E-state index < -0.39 is 5.91 Å². The van der Waals surface area contributed by atoms with Crippen molar-refractivity contribution in [3.8, 4) is 5.88 Å². The van der Waals surface area contributed by atoms with Gasteiger partial charge in [-0.3, -0.25) is 4.79 Å². The summed E-state index contributed by atoms with van der Waals surface area (Å²) >= 11 is 0. The fraction of sp³-hybridized carbons (Fsp3) is 0.409. The number of ether oxygens (including phenoxy) is 1. The molecule has 4 N–H and O–H groups in total. The summed E-state index contributed by atoms with van der Waals surface area (Å²) in [6.45, 7) is 6.05. The molecular formula is C22H28N5O2+. The SMILES string of the molecule is CC(C)(C)[N+]1(C)NC(c2ccc3nc(OC4CCC4)ccc3c2)=C(C(N)=O)C1=N. The molecule has 7 nitrogen and oxygen atoms in total. The summed E-state index contributed by atoms with van der Waals surface area (Å²) < 4.78 is 5.98. The minimum absolute atomic E-state index is 0.0884. The van der Waals surface area contributed by atoms with E-state index in [2.05, 4.69) is 10.4 Å². The Morgan fingerprint density at radius 1 is 1.28 bits per heavy atom. The lowest BCUT2D eigenvalue weighted by molar-refractivity contribution is -0.902. The number of nitrogens with one attached hydrogen (secondary N) is 2. The van der Waals surface area contributed by atoms with Gasteiger partial charge in [-0.2, -0.15) is 4.59 Å². The highest BCUT2D eigenvalue weighted by Crippen LogP contribution is 2.35. The number of carbonyl (C=O) groups excluding carboxylic acids is 1. The molecule has 0 bridgehead atoms. The summed E-state index contributed by atoms with van der Waals surface area (Å²) in [5.41, 5.74) is 11.1. The number of fused-ring (bicyclic) bond motifs is 1. The molecule has 2 heterocycles. The molecule has 1 unspecified atom stereocenters. The zero-order valence-electron chi connectivity index (χ0n) is 17.4. The highest BCUT2D eigenvalue weighted by Gasteiger charge is 2.51. The lowest BCUT2D eigenvalue weighted by Gasteiger charge is -2.40. The van der Waals surface area contributed by atoms with Crippen LogP contribution in [0.4, 0.5) is 0 Å². The molecule has 1 atom stereocenters. The molecule has 1 fully saturated rings. The third kappa shape index (κ3) is 3.15. The zero-order chi connectivity index (χ0) is 21.0. The van der Waals surface area contributed by atoms with Crippen molar-refractivity contribution in [2.75, 3.05) is 7.05 Å². The number of hydrogen-bond acceptors (Lipinski definition) is 5. The van der Waals surface area contributed by atoms with Crippen LogP contribution in [-0.2, 0) is 4.79 Å². The summed E-state index contributed by atoms with van der Waals surface area (Å²) in [6, 6.07) is 9.64. The van der Waals surface area contributed by atoms with Crippen molar-refractivity contribution < 1.29 is 14.1 Å². The Bertz CT molecular complexity index is 1050. The Labute approximate surface area is 170 Å². The van der Waals surface area contributed by atoms with E-state index in [-0.39, 0.29) is 27.6 Å².